The molecule has 0 saturated heterocycles. The first-order valence-corrected chi connectivity index (χ1v) is 6.87. The highest BCUT2D eigenvalue weighted by molar-refractivity contribution is 5.90. The Bertz CT molecular complexity index is 419. The smallest absolute Gasteiger partial charge is 0.341 e. The summed E-state index contributed by atoms with van der Waals surface area (Å²) in [5.74, 6) is 0.125. The molecule has 1 aromatic rings. The summed E-state index contributed by atoms with van der Waals surface area (Å²) in [5, 5.41) is 13.5. The van der Waals surface area contributed by atoms with Gasteiger partial charge in [0.05, 0.1) is 0 Å². The number of hydrogen-bond acceptors (Lipinski definition) is 3. The molecular weight excluding hydrogens is 230 g/mol. The van der Waals surface area contributed by atoms with Crippen molar-refractivity contribution < 1.29 is 14.4 Å². The largest absolute Gasteiger partial charge is 0.477 e. The lowest BCUT2D eigenvalue weighted by molar-refractivity contribution is 0.0692. The predicted molar refractivity (Wildman–Crippen MR) is 68.0 cm³/mol. The Morgan fingerprint density at radius 3 is 2.72 bits per heavy atom. The first kappa shape index (κ1) is 13.1. The summed E-state index contributed by atoms with van der Waals surface area (Å²) in [5.41, 5.74) is 0.967. The molecule has 0 spiro atoms. The maximum Gasteiger partial charge on any atom is 0.341 e. The van der Waals surface area contributed by atoms with Gasteiger partial charge in [-0.25, -0.2) is 4.79 Å². The number of aromatic carboxylic acids is 1. The van der Waals surface area contributed by atoms with Gasteiger partial charge in [0.15, 0.2) is 5.76 Å². The van der Waals surface area contributed by atoms with Gasteiger partial charge in [0.2, 0.25) is 0 Å². The van der Waals surface area contributed by atoms with Gasteiger partial charge in [-0.1, -0.05) is 38.3 Å². The van der Waals surface area contributed by atoms with Gasteiger partial charge in [-0.2, -0.15) is 0 Å². The summed E-state index contributed by atoms with van der Waals surface area (Å²) in [7, 11) is 0. The average molecular weight is 251 g/mol. The second-order valence-corrected chi connectivity index (χ2v) is 5.28. The standard InChI is InChI=1S/C14H21NO3/c1-3-6-9(2)12-11(14(16)17)13(18-15-12)10-7-4-5-8-10/h9-10H,3-8H2,1-2H3,(H,16,17). The predicted octanol–water partition coefficient (Wildman–Crippen LogP) is 3.93. The van der Waals surface area contributed by atoms with E-state index in [0.29, 0.717) is 17.0 Å². The summed E-state index contributed by atoms with van der Waals surface area (Å²) >= 11 is 0. The second kappa shape index (κ2) is 5.55. The fourth-order valence-corrected chi connectivity index (χ4v) is 2.90. The summed E-state index contributed by atoms with van der Waals surface area (Å²) in [6, 6.07) is 0. The molecule has 2 rings (SSSR count). The number of nitrogens with zero attached hydrogens (tertiary/aromatic N) is 1. The molecule has 1 aromatic heterocycles. The van der Waals surface area contributed by atoms with Gasteiger partial charge in [-0.3, -0.25) is 0 Å². The molecule has 1 atom stereocenters. The molecule has 1 N–H and O–H groups in total. The Kier molecular flexibility index (Phi) is 4.04. The zero-order chi connectivity index (χ0) is 13.1. The maximum atomic E-state index is 11.5. The van der Waals surface area contributed by atoms with Crippen LogP contribution in [0.15, 0.2) is 4.52 Å². The van der Waals surface area contributed by atoms with Gasteiger partial charge < -0.3 is 9.63 Å². The van der Waals surface area contributed by atoms with Crippen LogP contribution in [-0.2, 0) is 0 Å². The van der Waals surface area contributed by atoms with Crippen LogP contribution in [0.5, 0.6) is 0 Å². The van der Waals surface area contributed by atoms with E-state index in [9.17, 15) is 9.90 Å². The molecule has 1 unspecified atom stereocenters. The zero-order valence-electron chi connectivity index (χ0n) is 11.1. The van der Waals surface area contributed by atoms with Crippen LogP contribution in [0.1, 0.15) is 86.0 Å². The van der Waals surface area contributed by atoms with Crippen LogP contribution >= 0.6 is 0 Å². The van der Waals surface area contributed by atoms with Crippen LogP contribution in [0, 0.1) is 0 Å². The van der Waals surface area contributed by atoms with E-state index in [0.717, 1.165) is 38.5 Å². The average Bonchev–Trinajstić information content (AvgIpc) is 2.97. The molecule has 0 aliphatic heterocycles. The Balaban J connectivity index is 2.33. The molecule has 4 nitrogen and oxygen atoms in total. The Labute approximate surface area is 107 Å². The first-order chi connectivity index (χ1) is 8.65. The minimum atomic E-state index is -0.892. The van der Waals surface area contributed by atoms with Crippen molar-refractivity contribution in [1.29, 1.82) is 0 Å². The van der Waals surface area contributed by atoms with E-state index < -0.39 is 5.97 Å². The van der Waals surface area contributed by atoms with Crippen LogP contribution in [0.25, 0.3) is 0 Å². The molecular formula is C14H21NO3. The van der Waals surface area contributed by atoms with Crippen molar-refractivity contribution in [3.63, 3.8) is 0 Å². The van der Waals surface area contributed by atoms with Gasteiger partial charge in [0.1, 0.15) is 11.3 Å². The molecule has 0 amide bonds. The highest BCUT2D eigenvalue weighted by atomic mass is 16.5. The minimum absolute atomic E-state index is 0.153. The van der Waals surface area contributed by atoms with Crippen molar-refractivity contribution >= 4 is 5.97 Å². The molecule has 1 fully saturated rings. The summed E-state index contributed by atoms with van der Waals surface area (Å²) < 4.78 is 5.38. The number of aromatic nitrogens is 1. The molecule has 1 heterocycles. The number of hydrogen-bond donors (Lipinski definition) is 1. The molecule has 4 heteroatoms. The van der Waals surface area contributed by atoms with E-state index in [-0.39, 0.29) is 11.8 Å². The molecule has 18 heavy (non-hydrogen) atoms. The SMILES string of the molecule is CCCC(C)c1noc(C2CCCC2)c1C(=O)O. The van der Waals surface area contributed by atoms with E-state index in [1.165, 1.54) is 0 Å². The Hall–Kier alpha value is -1.32. The van der Waals surface area contributed by atoms with Crippen LogP contribution in [0.3, 0.4) is 0 Å². The lowest BCUT2D eigenvalue weighted by atomic mass is 9.94. The molecule has 1 aliphatic rings. The lowest BCUT2D eigenvalue weighted by Crippen LogP contribution is -2.07. The fourth-order valence-electron chi connectivity index (χ4n) is 2.90. The number of carboxylic acids is 1. The van der Waals surface area contributed by atoms with Crippen molar-refractivity contribution in [3.8, 4) is 0 Å². The highest BCUT2D eigenvalue weighted by Gasteiger charge is 2.31. The van der Waals surface area contributed by atoms with Gasteiger partial charge in [-0.05, 0) is 19.3 Å². The van der Waals surface area contributed by atoms with Crippen molar-refractivity contribution in [3.05, 3.63) is 17.0 Å². The van der Waals surface area contributed by atoms with E-state index in [1.54, 1.807) is 0 Å². The Morgan fingerprint density at radius 1 is 1.50 bits per heavy atom. The van der Waals surface area contributed by atoms with E-state index in [1.807, 2.05) is 6.92 Å². The van der Waals surface area contributed by atoms with Crippen LogP contribution in [-0.4, -0.2) is 16.2 Å². The highest BCUT2D eigenvalue weighted by Crippen LogP contribution is 2.38. The topological polar surface area (TPSA) is 63.3 Å². The molecule has 0 bridgehead atoms. The van der Waals surface area contributed by atoms with Gasteiger partial charge in [0, 0.05) is 11.8 Å². The molecule has 0 aromatic carbocycles. The van der Waals surface area contributed by atoms with Crippen LogP contribution in [0.2, 0.25) is 0 Å². The summed E-state index contributed by atoms with van der Waals surface area (Å²) in [6.07, 6.45) is 6.32. The van der Waals surface area contributed by atoms with Gasteiger partial charge in [-0.15, -0.1) is 0 Å². The van der Waals surface area contributed by atoms with Gasteiger partial charge in [0.25, 0.3) is 0 Å². The van der Waals surface area contributed by atoms with Crippen LogP contribution < -0.4 is 0 Å². The fraction of sp³-hybridized carbons (Fsp3) is 0.714. The van der Waals surface area contributed by atoms with Crippen molar-refractivity contribution in [2.75, 3.05) is 0 Å². The first-order valence-electron chi connectivity index (χ1n) is 6.87. The minimum Gasteiger partial charge on any atom is -0.477 e. The van der Waals surface area contributed by atoms with E-state index in [4.69, 9.17) is 4.52 Å². The third-order valence-electron chi connectivity index (χ3n) is 3.87. The molecule has 100 valence electrons. The van der Waals surface area contributed by atoms with Gasteiger partial charge >= 0.3 is 5.97 Å². The van der Waals surface area contributed by atoms with E-state index in [2.05, 4.69) is 12.1 Å². The number of rotatable bonds is 5. The maximum absolute atomic E-state index is 11.5. The normalized spacial score (nSPS) is 18.1. The second-order valence-electron chi connectivity index (χ2n) is 5.28. The summed E-state index contributed by atoms with van der Waals surface area (Å²) in [6.45, 7) is 4.11. The van der Waals surface area contributed by atoms with E-state index >= 15 is 0 Å². The van der Waals surface area contributed by atoms with Crippen molar-refractivity contribution in [2.45, 2.75) is 64.2 Å². The molecule has 1 aliphatic carbocycles. The lowest BCUT2D eigenvalue weighted by Gasteiger charge is -2.08. The van der Waals surface area contributed by atoms with Crippen LogP contribution in [0.4, 0.5) is 0 Å². The Morgan fingerprint density at radius 2 is 2.17 bits per heavy atom. The zero-order valence-corrected chi connectivity index (χ0v) is 11.1. The summed E-state index contributed by atoms with van der Waals surface area (Å²) in [4.78, 5) is 11.5. The monoisotopic (exact) mass is 251 g/mol. The number of carbonyl (C=O) groups is 1. The third kappa shape index (κ3) is 2.42. The number of carboxylic acid groups (broad SMARTS) is 1. The third-order valence-corrected chi connectivity index (χ3v) is 3.87. The quantitative estimate of drug-likeness (QED) is 0.861. The molecule has 0 radical (unpaired) electrons. The van der Waals surface area contributed by atoms with Crippen molar-refractivity contribution in [1.82, 2.24) is 5.16 Å². The molecule has 1 saturated carbocycles. The van der Waals surface area contributed by atoms with Crippen molar-refractivity contribution in [2.24, 2.45) is 0 Å².